The summed E-state index contributed by atoms with van der Waals surface area (Å²) in [5.41, 5.74) is 5.63. The Morgan fingerprint density at radius 2 is 1.63 bits per heavy atom. The molecular formula is C29H41N3O3. The number of carbonyl (C=O) groups is 1. The van der Waals surface area contributed by atoms with E-state index in [0.29, 0.717) is 17.6 Å². The first-order valence-electron chi connectivity index (χ1n) is 13.1. The van der Waals surface area contributed by atoms with E-state index in [-0.39, 0.29) is 0 Å². The van der Waals surface area contributed by atoms with Crippen LogP contribution in [0.5, 0.6) is 0 Å². The molecule has 2 fully saturated rings. The minimum absolute atomic E-state index is 0.398. The summed E-state index contributed by atoms with van der Waals surface area (Å²) in [6.45, 7) is 9.47. The molecule has 2 aliphatic rings. The van der Waals surface area contributed by atoms with E-state index in [1.165, 1.54) is 18.4 Å². The molecule has 1 saturated carbocycles. The summed E-state index contributed by atoms with van der Waals surface area (Å²) in [5, 5.41) is 10.0. The lowest BCUT2D eigenvalue weighted by molar-refractivity contribution is 0.0342. The SMILES string of the molecule is CCN(c1cc(-c2ccc(CN3CCOCC3)cc2)cc(C(=O)O)c1C)C1CCC(N(C)C)CC1. The minimum atomic E-state index is -0.859. The lowest BCUT2D eigenvalue weighted by Crippen LogP contribution is -2.42. The Balaban J connectivity index is 1.60. The molecular weight excluding hydrogens is 438 g/mol. The first-order valence-corrected chi connectivity index (χ1v) is 13.1. The lowest BCUT2D eigenvalue weighted by Gasteiger charge is -2.40. The molecule has 0 unspecified atom stereocenters. The summed E-state index contributed by atoms with van der Waals surface area (Å²) < 4.78 is 5.46. The van der Waals surface area contributed by atoms with Crippen LogP contribution < -0.4 is 4.90 Å². The largest absolute Gasteiger partial charge is 0.478 e. The molecule has 0 atom stereocenters. The number of ether oxygens (including phenoxy) is 1. The van der Waals surface area contributed by atoms with Crippen LogP contribution in [0, 0.1) is 6.92 Å². The van der Waals surface area contributed by atoms with Crippen molar-refractivity contribution in [3.05, 3.63) is 53.1 Å². The van der Waals surface area contributed by atoms with Crippen LogP contribution >= 0.6 is 0 Å². The van der Waals surface area contributed by atoms with Crippen LogP contribution in [0.2, 0.25) is 0 Å². The highest BCUT2D eigenvalue weighted by atomic mass is 16.5. The van der Waals surface area contributed by atoms with Crippen LogP contribution in [0.4, 0.5) is 5.69 Å². The molecule has 0 spiro atoms. The Morgan fingerprint density at radius 3 is 2.20 bits per heavy atom. The second-order valence-corrected chi connectivity index (χ2v) is 10.3. The van der Waals surface area contributed by atoms with Crippen LogP contribution in [-0.4, -0.2) is 79.9 Å². The molecule has 190 valence electrons. The third kappa shape index (κ3) is 6.05. The van der Waals surface area contributed by atoms with E-state index in [4.69, 9.17) is 4.74 Å². The van der Waals surface area contributed by atoms with Crippen LogP contribution in [0.3, 0.4) is 0 Å². The fraction of sp³-hybridized carbons (Fsp3) is 0.552. The van der Waals surface area contributed by atoms with Crippen molar-refractivity contribution in [2.24, 2.45) is 0 Å². The van der Waals surface area contributed by atoms with Crippen molar-refractivity contribution in [2.75, 3.05) is 51.8 Å². The summed E-state index contributed by atoms with van der Waals surface area (Å²) in [4.78, 5) is 19.4. The van der Waals surface area contributed by atoms with Gasteiger partial charge in [-0.15, -0.1) is 0 Å². The summed E-state index contributed by atoms with van der Waals surface area (Å²) in [6.07, 6.45) is 4.64. The smallest absolute Gasteiger partial charge is 0.336 e. The first kappa shape index (κ1) is 25.7. The molecule has 2 aromatic rings. The van der Waals surface area contributed by atoms with Crippen molar-refractivity contribution in [3.63, 3.8) is 0 Å². The van der Waals surface area contributed by atoms with Gasteiger partial charge >= 0.3 is 5.97 Å². The molecule has 0 amide bonds. The van der Waals surface area contributed by atoms with Crippen LogP contribution in [0.15, 0.2) is 36.4 Å². The number of benzene rings is 2. The van der Waals surface area contributed by atoms with E-state index >= 15 is 0 Å². The maximum Gasteiger partial charge on any atom is 0.336 e. The van der Waals surface area contributed by atoms with Gasteiger partial charge in [0.2, 0.25) is 0 Å². The molecule has 4 rings (SSSR count). The Kier molecular flexibility index (Phi) is 8.47. The van der Waals surface area contributed by atoms with Crippen molar-refractivity contribution in [1.82, 2.24) is 9.80 Å². The Labute approximate surface area is 210 Å². The predicted octanol–water partition coefficient (Wildman–Crippen LogP) is 4.89. The van der Waals surface area contributed by atoms with Gasteiger partial charge in [-0.3, -0.25) is 4.90 Å². The number of aromatic carboxylic acids is 1. The van der Waals surface area contributed by atoms with E-state index in [9.17, 15) is 9.90 Å². The average molecular weight is 480 g/mol. The molecule has 2 aromatic carbocycles. The molecule has 6 heteroatoms. The standard InChI is InChI=1S/C29H41N3O3/c1-5-32(26-12-10-25(11-13-26)30(3)4)28-19-24(18-27(21(28)2)29(33)34)23-8-6-22(7-9-23)20-31-14-16-35-17-15-31/h6-9,18-19,25-26H,5,10-17,20H2,1-4H3,(H,33,34). The number of morpholine rings is 1. The van der Waals surface area contributed by atoms with Gasteiger partial charge < -0.3 is 19.6 Å². The van der Waals surface area contributed by atoms with Crippen LogP contribution in [0.25, 0.3) is 11.1 Å². The van der Waals surface area contributed by atoms with Crippen LogP contribution in [-0.2, 0) is 11.3 Å². The highest BCUT2D eigenvalue weighted by molar-refractivity contribution is 5.94. The second kappa shape index (κ2) is 11.5. The van der Waals surface area contributed by atoms with Gasteiger partial charge in [-0.05, 0) is 88.0 Å². The quantitative estimate of drug-likeness (QED) is 0.582. The number of anilines is 1. The summed E-state index contributed by atoms with van der Waals surface area (Å²) in [5.74, 6) is -0.859. The Bertz CT molecular complexity index is 991. The molecule has 1 N–H and O–H groups in total. The van der Waals surface area contributed by atoms with Crippen LogP contribution in [0.1, 0.15) is 54.1 Å². The van der Waals surface area contributed by atoms with Gasteiger partial charge in [0.05, 0.1) is 18.8 Å². The number of hydrogen-bond donors (Lipinski definition) is 1. The third-order valence-corrected chi connectivity index (χ3v) is 7.90. The third-order valence-electron chi connectivity index (χ3n) is 7.90. The maximum absolute atomic E-state index is 12.2. The van der Waals surface area contributed by atoms with E-state index < -0.39 is 5.97 Å². The molecule has 35 heavy (non-hydrogen) atoms. The van der Waals surface area contributed by atoms with Gasteiger partial charge in [0.15, 0.2) is 0 Å². The van der Waals surface area contributed by atoms with Gasteiger partial charge in [0.25, 0.3) is 0 Å². The van der Waals surface area contributed by atoms with Gasteiger partial charge in [0, 0.05) is 44.0 Å². The van der Waals surface area contributed by atoms with E-state index in [0.717, 1.165) is 74.6 Å². The van der Waals surface area contributed by atoms with Gasteiger partial charge in [-0.2, -0.15) is 0 Å². The van der Waals surface area contributed by atoms with Crippen molar-refractivity contribution in [3.8, 4) is 11.1 Å². The molecule has 1 aliphatic carbocycles. The highest BCUT2D eigenvalue weighted by Gasteiger charge is 2.28. The first-order chi connectivity index (χ1) is 16.9. The molecule has 0 aromatic heterocycles. The summed E-state index contributed by atoms with van der Waals surface area (Å²) in [7, 11) is 4.34. The molecule has 1 aliphatic heterocycles. The number of nitrogens with zero attached hydrogens (tertiary/aromatic N) is 3. The minimum Gasteiger partial charge on any atom is -0.478 e. The zero-order chi connectivity index (χ0) is 24.9. The van der Waals surface area contributed by atoms with Crippen molar-refractivity contribution >= 4 is 11.7 Å². The summed E-state index contributed by atoms with van der Waals surface area (Å²) in [6, 6.07) is 13.7. The van der Waals surface area contributed by atoms with E-state index in [2.05, 4.69) is 66.1 Å². The zero-order valence-corrected chi connectivity index (χ0v) is 21.8. The topological polar surface area (TPSA) is 56.3 Å². The van der Waals surface area contributed by atoms with Gasteiger partial charge in [-0.25, -0.2) is 4.79 Å². The van der Waals surface area contributed by atoms with E-state index in [1.54, 1.807) is 0 Å². The molecule has 0 bridgehead atoms. The monoisotopic (exact) mass is 479 g/mol. The molecule has 1 saturated heterocycles. The van der Waals surface area contributed by atoms with E-state index in [1.807, 2.05) is 13.0 Å². The fourth-order valence-electron chi connectivity index (χ4n) is 5.72. The van der Waals surface area contributed by atoms with Gasteiger partial charge in [-0.1, -0.05) is 24.3 Å². The molecule has 0 radical (unpaired) electrons. The molecule has 1 heterocycles. The average Bonchev–Trinajstić information content (AvgIpc) is 2.87. The number of carboxylic acid groups (broad SMARTS) is 1. The van der Waals surface area contributed by atoms with Crippen molar-refractivity contribution in [2.45, 2.75) is 58.2 Å². The van der Waals surface area contributed by atoms with Crippen molar-refractivity contribution < 1.29 is 14.6 Å². The number of hydrogen-bond acceptors (Lipinski definition) is 5. The Hall–Kier alpha value is -2.41. The zero-order valence-electron chi connectivity index (χ0n) is 21.8. The second-order valence-electron chi connectivity index (χ2n) is 10.3. The predicted molar refractivity (Wildman–Crippen MR) is 142 cm³/mol. The maximum atomic E-state index is 12.2. The van der Waals surface area contributed by atoms with Gasteiger partial charge in [0.1, 0.15) is 0 Å². The lowest BCUT2D eigenvalue weighted by atomic mass is 9.88. The Morgan fingerprint density at radius 1 is 1.00 bits per heavy atom. The highest BCUT2D eigenvalue weighted by Crippen LogP contribution is 2.35. The summed E-state index contributed by atoms with van der Waals surface area (Å²) >= 11 is 0. The molecule has 6 nitrogen and oxygen atoms in total. The number of carboxylic acids is 1. The normalized spacial score (nSPS) is 21.3. The number of rotatable bonds is 8. The fourth-order valence-corrected chi connectivity index (χ4v) is 5.72. The van der Waals surface area contributed by atoms with Crippen molar-refractivity contribution in [1.29, 1.82) is 0 Å².